The minimum Gasteiger partial charge on any atom is -0.356 e. The van der Waals surface area contributed by atoms with Crippen molar-refractivity contribution >= 4 is 50.3 Å². The molecule has 0 aromatic carbocycles. The van der Waals surface area contributed by atoms with E-state index < -0.39 is 0 Å². The van der Waals surface area contributed by atoms with Crippen molar-refractivity contribution < 1.29 is 4.79 Å². The summed E-state index contributed by atoms with van der Waals surface area (Å²) in [7, 11) is 1.60. The average molecular weight is 479 g/mol. The molecule has 3 aromatic rings. The van der Waals surface area contributed by atoms with Crippen molar-refractivity contribution in [2.75, 3.05) is 25.0 Å². The maximum Gasteiger partial charge on any atom is 0.251 e. The Balaban J connectivity index is 1.86. The molecular weight excluding hydrogens is 458 g/mol. The summed E-state index contributed by atoms with van der Waals surface area (Å²) in [5.41, 5.74) is 8.34. The Morgan fingerprint density at radius 2 is 2.14 bits per heavy atom. The van der Waals surface area contributed by atoms with E-state index in [0.717, 1.165) is 25.9 Å². The topological polar surface area (TPSA) is 113 Å². The van der Waals surface area contributed by atoms with Gasteiger partial charge in [-0.3, -0.25) is 9.89 Å². The third kappa shape index (κ3) is 3.70. The van der Waals surface area contributed by atoms with E-state index in [1.54, 1.807) is 19.3 Å². The normalized spacial score (nSPS) is 16.2. The zero-order valence-electron chi connectivity index (χ0n) is 16.1. The van der Waals surface area contributed by atoms with Crippen LogP contribution in [0.15, 0.2) is 22.9 Å². The van der Waals surface area contributed by atoms with Gasteiger partial charge in [0.2, 0.25) is 0 Å². The molecule has 3 aromatic heterocycles. The number of aromatic nitrogens is 4. The van der Waals surface area contributed by atoms with Gasteiger partial charge in [-0.05, 0) is 47.8 Å². The van der Waals surface area contributed by atoms with E-state index >= 15 is 0 Å². The molecule has 0 bridgehead atoms. The van der Waals surface area contributed by atoms with Crippen LogP contribution in [0.3, 0.4) is 0 Å². The van der Waals surface area contributed by atoms with Gasteiger partial charge in [-0.25, -0.2) is 9.97 Å². The molecular formula is C19H21BrClN7O. The largest absolute Gasteiger partial charge is 0.356 e. The summed E-state index contributed by atoms with van der Waals surface area (Å²) in [5, 5.41) is 11.1. The molecule has 10 heteroatoms. The minimum atomic E-state index is -0.216. The first-order valence-electron chi connectivity index (χ1n) is 9.26. The van der Waals surface area contributed by atoms with E-state index in [2.05, 4.69) is 48.3 Å². The predicted molar refractivity (Wildman–Crippen MR) is 117 cm³/mol. The predicted octanol–water partition coefficient (Wildman–Crippen LogP) is 3.11. The molecule has 0 saturated carbocycles. The quantitative estimate of drug-likeness (QED) is 0.499. The Labute approximate surface area is 181 Å². The first kappa shape index (κ1) is 20.1. The molecule has 0 atom stereocenters. The molecule has 1 amide bonds. The number of piperidine rings is 1. The molecule has 4 N–H and O–H groups in total. The number of pyridine rings is 2. The van der Waals surface area contributed by atoms with Crippen LogP contribution in [0, 0.1) is 0 Å². The van der Waals surface area contributed by atoms with Crippen LogP contribution < -0.4 is 16.0 Å². The van der Waals surface area contributed by atoms with Crippen LogP contribution in [0.25, 0.3) is 22.3 Å². The van der Waals surface area contributed by atoms with Gasteiger partial charge in [0.1, 0.15) is 10.4 Å². The highest BCUT2D eigenvalue weighted by Gasteiger charge is 2.28. The highest BCUT2D eigenvalue weighted by Crippen LogP contribution is 2.37. The smallest absolute Gasteiger partial charge is 0.251 e. The Kier molecular flexibility index (Phi) is 5.22. The fourth-order valence-electron chi connectivity index (χ4n) is 3.54. The van der Waals surface area contributed by atoms with E-state index in [4.69, 9.17) is 22.3 Å². The van der Waals surface area contributed by atoms with Crippen LogP contribution in [-0.4, -0.2) is 51.7 Å². The Hall–Kier alpha value is -2.23. The lowest BCUT2D eigenvalue weighted by atomic mass is 9.91. The van der Waals surface area contributed by atoms with Crippen molar-refractivity contribution in [1.29, 1.82) is 0 Å². The second kappa shape index (κ2) is 7.55. The van der Waals surface area contributed by atoms with E-state index in [9.17, 15) is 4.79 Å². The lowest BCUT2D eigenvalue weighted by Crippen LogP contribution is -2.48. The van der Waals surface area contributed by atoms with E-state index in [1.165, 1.54) is 0 Å². The first-order valence-corrected chi connectivity index (χ1v) is 10.4. The highest BCUT2D eigenvalue weighted by atomic mass is 79.9. The van der Waals surface area contributed by atoms with E-state index in [-0.39, 0.29) is 11.4 Å². The number of H-pyrrole nitrogens is 1. The number of nitrogens with zero attached hydrogens (tertiary/aromatic N) is 4. The standard InChI is InChI=1S/C19H21BrClN7O/c1-19(22)4-7-28(8-5-19)12-9-11(18(29)23-2)13-15(26-27-17(13)25-12)10-3-6-24-16(20)14(10)21/h3,6,9H,4-5,7-8,22H2,1-2H3,(H,23,29)(H,25,26,27). The van der Waals surface area contributed by atoms with Gasteiger partial charge in [0.15, 0.2) is 5.65 Å². The maximum absolute atomic E-state index is 12.7. The van der Waals surface area contributed by atoms with Crippen LogP contribution in [0.1, 0.15) is 30.1 Å². The lowest BCUT2D eigenvalue weighted by molar-refractivity contribution is 0.0964. The van der Waals surface area contributed by atoms with Crippen molar-refractivity contribution in [2.24, 2.45) is 5.73 Å². The molecule has 29 heavy (non-hydrogen) atoms. The summed E-state index contributed by atoms with van der Waals surface area (Å²) in [4.78, 5) is 23.7. The van der Waals surface area contributed by atoms with Gasteiger partial charge in [0.05, 0.1) is 21.7 Å². The summed E-state index contributed by atoms with van der Waals surface area (Å²) >= 11 is 9.77. The third-order valence-corrected chi connectivity index (χ3v) is 6.54. The number of nitrogens with two attached hydrogens (primary N) is 1. The van der Waals surface area contributed by atoms with E-state index in [1.807, 2.05) is 6.07 Å². The monoisotopic (exact) mass is 477 g/mol. The molecule has 1 fully saturated rings. The zero-order valence-corrected chi connectivity index (χ0v) is 18.4. The number of carbonyl (C=O) groups is 1. The molecule has 0 radical (unpaired) electrons. The second-order valence-corrected chi connectivity index (χ2v) is 8.64. The molecule has 0 spiro atoms. The highest BCUT2D eigenvalue weighted by molar-refractivity contribution is 9.10. The summed E-state index contributed by atoms with van der Waals surface area (Å²) in [6, 6.07) is 3.58. The number of halogens is 2. The number of hydrogen-bond donors (Lipinski definition) is 3. The average Bonchev–Trinajstić information content (AvgIpc) is 3.12. The molecule has 152 valence electrons. The van der Waals surface area contributed by atoms with Crippen molar-refractivity contribution in [2.45, 2.75) is 25.3 Å². The van der Waals surface area contributed by atoms with Crippen molar-refractivity contribution in [3.05, 3.63) is 33.5 Å². The SMILES string of the molecule is CNC(=O)c1cc(N2CCC(C)(N)CC2)nc2n[nH]c(-c3ccnc(Br)c3Cl)c12. The van der Waals surface area contributed by atoms with Crippen molar-refractivity contribution in [1.82, 2.24) is 25.5 Å². The Bertz CT molecular complexity index is 1090. The number of hydrogen-bond acceptors (Lipinski definition) is 6. The number of aromatic amines is 1. The van der Waals surface area contributed by atoms with Crippen molar-refractivity contribution in [3.8, 4) is 11.3 Å². The number of nitrogens with one attached hydrogen (secondary N) is 2. The van der Waals surface area contributed by atoms with Gasteiger partial charge in [0, 0.05) is 37.4 Å². The zero-order chi connectivity index (χ0) is 20.8. The van der Waals surface area contributed by atoms with Crippen LogP contribution in [0.5, 0.6) is 0 Å². The number of anilines is 1. The van der Waals surface area contributed by atoms with Gasteiger partial charge < -0.3 is 16.0 Å². The fourth-order valence-corrected chi connectivity index (χ4v) is 4.08. The van der Waals surface area contributed by atoms with Crippen LogP contribution in [0.2, 0.25) is 5.02 Å². The Morgan fingerprint density at radius 3 is 2.83 bits per heavy atom. The molecule has 4 heterocycles. The number of fused-ring (bicyclic) bond motifs is 1. The number of amides is 1. The fraction of sp³-hybridized carbons (Fsp3) is 0.368. The first-order chi connectivity index (χ1) is 13.8. The second-order valence-electron chi connectivity index (χ2n) is 7.51. The number of carbonyl (C=O) groups excluding carboxylic acids is 1. The van der Waals surface area contributed by atoms with Gasteiger partial charge in [-0.1, -0.05) is 11.6 Å². The molecule has 4 rings (SSSR count). The van der Waals surface area contributed by atoms with Gasteiger partial charge in [-0.2, -0.15) is 5.10 Å². The molecule has 1 saturated heterocycles. The van der Waals surface area contributed by atoms with Crippen LogP contribution >= 0.6 is 27.5 Å². The molecule has 8 nitrogen and oxygen atoms in total. The van der Waals surface area contributed by atoms with Gasteiger partial charge in [-0.15, -0.1) is 0 Å². The minimum absolute atomic E-state index is 0.171. The summed E-state index contributed by atoms with van der Waals surface area (Å²) in [5.74, 6) is 0.498. The van der Waals surface area contributed by atoms with Gasteiger partial charge >= 0.3 is 0 Å². The van der Waals surface area contributed by atoms with Crippen molar-refractivity contribution in [3.63, 3.8) is 0 Å². The lowest BCUT2D eigenvalue weighted by Gasteiger charge is -2.37. The summed E-state index contributed by atoms with van der Waals surface area (Å²) in [6.07, 6.45) is 3.35. The third-order valence-electron chi connectivity index (χ3n) is 5.33. The molecule has 0 aliphatic carbocycles. The number of rotatable bonds is 3. The Morgan fingerprint density at radius 1 is 1.41 bits per heavy atom. The van der Waals surface area contributed by atoms with Gasteiger partial charge in [0.25, 0.3) is 5.91 Å². The maximum atomic E-state index is 12.7. The van der Waals surface area contributed by atoms with Crippen LogP contribution in [-0.2, 0) is 0 Å². The molecule has 0 unspecified atom stereocenters. The van der Waals surface area contributed by atoms with E-state index in [0.29, 0.717) is 43.3 Å². The summed E-state index contributed by atoms with van der Waals surface area (Å²) < 4.78 is 0.517. The molecule has 1 aliphatic rings. The molecule has 1 aliphatic heterocycles. The summed E-state index contributed by atoms with van der Waals surface area (Å²) in [6.45, 7) is 3.62. The van der Waals surface area contributed by atoms with Crippen LogP contribution in [0.4, 0.5) is 5.82 Å².